The first kappa shape index (κ1) is 17.2. The Bertz CT molecular complexity index is 589. The Kier molecular flexibility index (Phi) is 4.94. The van der Waals surface area contributed by atoms with Gasteiger partial charge in [0, 0.05) is 32.2 Å². The van der Waals surface area contributed by atoms with Crippen molar-refractivity contribution in [3.05, 3.63) is 35.9 Å². The van der Waals surface area contributed by atoms with Crippen LogP contribution in [0.4, 0.5) is 0 Å². The number of rotatable bonds is 6. The summed E-state index contributed by atoms with van der Waals surface area (Å²) in [6, 6.07) is 10.4. The van der Waals surface area contributed by atoms with E-state index in [1.165, 1.54) is 19.3 Å². The summed E-state index contributed by atoms with van der Waals surface area (Å²) in [4.78, 5) is 18.0. The Morgan fingerprint density at radius 3 is 2.16 bits per heavy atom. The number of carbonyl (C=O) groups excluding carboxylic acids is 1. The molecule has 136 valence electrons. The van der Waals surface area contributed by atoms with Gasteiger partial charge in [-0.25, -0.2) is 0 Å². The Morgan fingerprint density at radius 1 is 1.00 bits per heavy atom. The van der Waals surface area contributed by atoms with Crippen molar-refractivity contribution in [3.8, 4) is 0 Å². The maximum atomic E-state index is 13.1. The maximum Gasteiger partial charge on any atom is 0.183 e. The zero-order chi connectivity index (χ0) is 17.3. The van der Waals surface area contributed by atoms with Crippen LogP contribution < -0.4 is 0 Å². The zero-order valence-electron chi connectivity index (χ0n) is 15.1. The van der Waals surface area contributed by atoms with E-state index in [9.17, 15) is 9.90 Å². The molecule has 1 aromatic rings. The van der Waals surface area contributed by atoms with Crippen LogP contribution in [0.15, 0.2) is 30.3 Å². The lowest BCUT2D eigenvalue weighted by Crippen LogP contribution is -2.55. The highest BCUT2D eigenvalue weighted by Crippen LogP contribution is 2.43. The molecule has 0 aromatic heterocycles. The first-order valence-corrected chi connectivity index (χ1v) is 9.95. The predicted molar refractivity (Wildman–Crippen MR) is 98.3 cm³/mol. The van der Waals surface area contributed by atoms with Crippen molar-refractivity contribution in [2.45, 2.75) is 50.2 Å². The molecule has 1 saturated heterocycles. The molecule has 1 heterocycles. The van der Waals surface area contributed by atoms with Gasteiger partial charge >= 0.3 is 0 Å². The molecule has 3 fully saturated rings. The Morgan fingerprint density at radius 2 is 1.64 bits per heavy atom. The Labute approximate surface area is 150 Å². The molecular formula is C21H30N2O2. The molecule has 2 aliphatic carbocycles. The molecule has 3 aliphatic rings. The molecule has 1 aromatic carbocycles. The minimum absolute atomic E-state index is 0.0134. The van der Waals surface area contributed by atoms with Crippen LogP contribution in [0.5, 0.6) is 0 Å². The average molecular weight is 342 g/mol. The SMILES string of the molecule is O=C(CN1CCN(C2CCC2)CC1)C(O)(c1ccccc1)C1CCC1. The molecule has 1 N–H and O–H groups in total. The zero-order valence-corrected chi connectivity index (χ0v) is 15.1. The topological polar surface area (TPSA) is 43.8 Å². The fraction of sp³-hybridized carbons (Fsp3) is 0.667. The predicted octanol–water partition coefficient (Wildman–Crippen LogP) is 2.41. The largest absolute Gasteiger partial charge is 0.377 e. The monoisotopic (exact) mass is 342 g/mol. The first-order valence-electron chi connectivity index (χ1n) is 9.95. The van der Waals surface area contributed by atoms with Gasteiger partial charge in [-0.1, -0.05) is 43.2 Å². The Balaban J connectivity index is 1.41. The molecule has 25 heavy (non-hydrogen) atoms. The highest BCUT2D eigenvalue weighted by molar-refractivity contribution is 5.90. The van der Waals surface area contributed by atoms with E-state index in [-0.39, 0.29) is 11.7 Å². The van der Waals surface area contributed by atoms with Crippen LogP contribution in [-0.4, -0.2) is 59.5 Å². The molecule has 4 heteroatoms. The van der Waals surface area contributed by atoms with Crippen molar-refractivity contribution in [1.29, 1.82) is 0 Å². The Hall–Kier alpha value is -1.23. The number of benzene rings is 1. The lowest BCUT2D eigenvalue weighted by molar-refractivity contribution is -0.151. The van der Waals surface area contributed by atoms with Gasteiger partial charge in [0.15, 0.2) is 11.4 Å². The van der Waals surface area contributed by atoms with Gasteiger partial charge in [0.25, 0.3) is 0 Å². The summed E-state index contributed by atoms with van der Waals surface area (Å²) in [5, 5.41) is 11.4. The number of nitrogens with zero attached hydrogens (tertiary/aromatic N) is 2. The lowest BCUT2D eigenvalue weighted by atomic mass is 9.67. The van der Waals surface area contributed by atoms with E-state index in [2.05, 4.69) is 9.80 Å². The molecular weight excluding hydrogens is 312 g/mol. The summed E-state index contributed by atoms with van der Waals surface area (Å²) < 4.78 is 0. The summed E-state index contributed by atoms with van der Waals surface area (Å²) >= 11 is 0. The third-order valence-corrected chi connectivity index (χ3v) is 6.70. The third-order valence-electron chi connectivity index (χ3n) is 6.70. The summed E-state index contributed by atoms with van der Waals surface area (Å²) in [5.41, 5.74) is -0.525. The van der Waals surface area contributed by atoms with E-state index in [4.69, 9.17) is 0 Å². The fourth-order valence-corrected chi connectivity index (χ4v) is 4.50. The summed E-state index contributed by atoms with van der Waals surface area (Å²) in [6.07, 6.45) is 7.07. The highest BCUT2D eigenvalue weighted by atomic mass is 16.3. The average Bonchev–Trinajstić information content (AvgIpc) is 2.54. The van der Waals surface area contributed by atoms with Crippen molar-refractivity contribution >= 4 is 5.78 Å². The van der Waals surface area contributed by atoms with Crippen LogP contribution in [0.2, 0.25) is 0 Å². The lowest BCUT2D eigenvalue weighted by Gasteiger charge is -2.44. The number of hydrogen-bond acceptors (Lipinski definition) is 4. The first-order chi connectivity index (χ1) is 12.2. The number of hydrogen-bond donors (Lipinski definition) is 1. The van der Waals surface area contributed by atoms with E-state index in [0.29, 0.717) is 6.54 Å². The van der Waals surface area contributed by atoms with Gasteiger partial charge in [0.05, 0.1) is 6.54 Å². The summed E-state index contributed by atoms with van der Waals surface area (Å²) in [6.45, 7) is 4.38. The van der Waals surface area contributed by atoms with Gasteiger partial charge < -0.3 is 5.11 Å². The van der Waals surface area contributed by atoms with Gasteiger partial charge in [-0.3, -0.25) is 14.6 Å². The van der Waals surface area contributed by atoms with Crippen LogP contribution in [-0.2, 0) is 10.4 Å². The van der Waals surface area contributed by atoms with Crippen LogP contribution in [0.3, 0.4) is 0 Å². The number of aliphatic hydroxyl groups is 1. The number of ketones is 1. The molecule has 0 radical (unpaired) electrons. The molecule has 0 spiro atoms. The standard InChI is InChI=1S/C21H30N2O2/c24-20(16-22-12-14-23(15-13-22)19-10-5-11-19)21(25,18-8-4-9-18)17-6-2-1-3-7-17/h1-3,6-7,18-19,25H,4-5,8-16H2. The van der Waals surface area contributed by atoms with E-state index >= 15 is 0 Å². The second-order valence-corrected chi connectivity index (χ2v) is 8.08. The highest BCUT2D eigenvalue weighted by Gasteiger charge is 2.47. The van der Waals surface area contributed by atoms with Crippen molar-refractivity contribution in [3.63, 3.8) is 0 Å². The second kappa shape index (κ2) is 7.18. The van der Waals surface area contributed by atoms with Crippen LogP contribution in [0.1, 0.15) is 44.1 Å². The normalized spacial score (nSPS) is 25.8. The van der Waals surface area contributed by atoms with Crippen molar-refractivity contribution in [2.24, 2.45) is 5.92 Å². The maximum absolute atomic E-state index is 13.1. The van der Waals surface area contributed by atoms with Gasteiger partial charge in [-0.15, -0.1) is 0 Å². The van der Waals surface area contributed by atoms with Gasteiger partial charge in [0.2, 0.25) is 0 Å². The summed E-state index contributed by atoms with van der Waals surface area (Å²) in [7, 11) is 0. The van der Waals surface area contributed by atoms with Gasteiger partial charge in [-0.2, -0.15) is 0 Å². The van der Waals surface area contributed by atoms with Crippen molar-refractivity contribution in [1.82, 2.24) is 9.80 Å². The van der Waals surface area contributed by atoms with Crippen molar-refractivity contribution in [2.75, 3.05) is 32.7 Å². The van der Waals surface area contributed by atoms with E-state index < -0.39 is 5.60 Å². The van der Waals surface area contributed by atoms with Gasteiger partial charge in [0.1, 0.15) is 0 Å². The van der Waals surface area contributed by atoms with E-state index in [1.54, 1.807) is 0 Å². The van der Waals surface area contributed by atoms with Crippen LogP contribution >= 0.6 is 0 Å². The molecule has 0 bridgehead atoms. The number of Topliss-reactive ketones (excluding diaryl/α,β-unsaturated/α-hetero) is 1. The molecule has 2 saturated carbocycles. The third kappa shape index (κ3) is 3.27. The molecule has 4 nitrogen and oxygen atoms in total. The number of carbonyl (C=O) groups is 1. The molecule has 1 aliphatic heterocycles. The minimum atomic E-state index is -1.30. The quantitative estimate of drug-likeness (QED) is 0.862. The minimum Gasteiger partial charge on any atom is -0.377 e. The molecule has 4 rings (SSSR count). The van der Waals surface area contributed by atoms with Crippen LogP contribution in [0, 0.1) is 5.92 Å². The van der Waals surface area contributed by atoms with Gasteiger partial charge in [-0.05, 0) is 37.2 Å². The fourth-order valence-electron chi connectivity index (χ4n) is 4.50. The summed E-state index contributed by atoms with van der Waals surface area (Å²) in [5.74, 6) is 0.0687. The van der Waals surface area contributed by atoms with E-state index in [0.717, 1.165) is 57.0 Å². The van der Waals surface area contributed by atoms with Crippen LogP contribution in [0.25, 0.3) is 0 Å². The van der Waals surface area contributed by atoms with E-state index in [1.807, 2.05) is 30.3 Å². The second-order valence-electron chi connectivity index (χ2n) is 8.08. The molecule has 1 unspecified atom stereocenters. The smallest absolute Gasteiger partial charge is 0.183 e. The van der Waals surface area contributed by atoms with Crippen molar-refractivity contribution < 1.29 is 9.90 Å². The number of piperazine rings is 1. The molecule has 1 atom stereocenters. The molecule has 0 amide bonds.